The molecule has 0 radical (unpaired) electrons. The standard InChI is InChI=1S/C13H21N7.3C11H17N7.2C10H15N7.C9H13N7.C9H12N6O/c1-9-6-7-10(15-9)8-14-11-16-12(19(2)3)18-13(17-11)20(4)5;1-7-4-5-8(14-7)6-13-10-15-9(12)16-11(17-10)18(2)3;1-7-4-5-8(14-7)6-18(3)11-16-9(12)15-10(13-2)17-11;1-7-4-5-8(15-7)6-14-11-17-9(12-2)16-10(13-3)18-11;1-6-3-4-7(13-6)5-17(2)10-15-8(11)14-9(12)16-10;1-6-3-4-7(14-6)5-13-10-16-8(11)15-9(12-2)17-10;1-5-2-3-6(13-5)4-12-9-15-7(10)14-8(11)16-9;1-5-2-3-6(16-5)4-12-9-14-7(10)13-8(11)15-9/h6-7,15H,8H2,1-5H3,(H,14,16,17,18);2*4-5,14H,6H2,1-3H3,(H3,12,13,15,16,17);4-5,15H,6H2,1-3H3,(H3,12,13,14,16,17,18);3-4,13H,5H2,1-2H3,(H4,11,12,14,15,16);3-4,14H,5H2,1-2H3,(H4,11,12,13,15,16,17);2-3,13H,4H2,1H3,(H5,10,11,12,14,15,16);2-3H,4H2,1H3,(H5,10,11,12,13,14,15). The normalized spacial score (nSPS) is 10.3. The summed E-state index contributed by atoms with van der Waals surface area (Å²) in [7, 11) is 22.1. The Morgan fingerprint density at radius 2 is 0.429 bits per heavy atom. The quantitative estimate of drug-likeness (QED) is 0.0241. The van der Waals surface area contributed by atoms with E-state index in [9.17, 15) is 0 Å². The fourth-order valence-corrected chi connectivity index (χ4v) is 11.9. The number of aromatic amines is 7. The Morgan fingerprint density at radius 1 is 0.221 bits per heavy atom. The lowest BCUT2D eigenvalue weighted by molar-refractivity contribution is 0.490. The summed E-state index contributed by atoms with van der Waals surface area (Å²) >= 11 is 0. The third kappa shape index (κ3) is 36.1. The van der Waals surface area contributed by atoms with Crippen LogP contribution < -0.4 is 129 Å². The van der Waals surface area contributed by atoms with E-state index >= 15 is 0 Å². The monoisotopic (exact) mass is 1920 g/mol. The van der Waals surface area contributed by atoms with Crippen LogP contribution in [0.5, 0.6) is 0 Å². The van der Waals surface area contributed by atoms with Gasteiger partial charge >= 0.3 is 0 Å². The maximum Gasteiger partial charge on any atom is 0.232 e. The van der Waals surface area contributed by atoms with Gasteiger partial charge in [0.05, 0.1) is 52.4 Å². The zero-order valence-electron chi connectivity index (χ0n) is 82.0. The lowest BCUT2D eigenvalue weighted by Crippen LogP contribution is -2.21. The molecule has 0 saturated heterocycles. The van der Waals surface area contributed by atoms with Gasteiger partial charge in [0.25, 0.3) is 0 Å². The maximum absolute atomic E-state index is 5.63. The molecule has 0 spiro atoms. The van der Waals surface area contributed by atoms with Crippen LogP contribution in [0.1, 0.15) is 91.2 Å². The number of anilines is 24. The minimum absolute atomic E-state index is 0.0885. The van der Waals surface area contributed by atoms with Gasteiger partial charge in [-0.3, -0.25) is 0 Å². The summed E-state index contributed by atoms with van der Waals surface area (Å²) in [5.41, 5.74) is 65.0. The number of H-pyrrole nitrogens is 7. The molecule has 0 atom stereocenters. The van der Waals surface area contributed by atoms with Crippen LogP contribution in [0.3, 0.4) is 0 Å². The van der Waals surface area contributed by atoms with Crippen LogP contribution in [0.2, 0.25) is 0 Å². The van der Waals surface area contributed by atoms with Gasteiger partial charge in [0, 0.05) is 164 Å². The van der Waals surface area contributed by atoms with Crippen molar-refractivity contribution < 1.29 is 4.42 Å². The van der Waals surface area contributed by atoms with Gasteiger partial charge in [-0.15, -0.1) is 0 Å². The first kappa shape index (κ1) is 105. The van der Waals surface area contributed by atoms with Gasteiger partial charge < -0.3 is 169 Å². The van der Waals surface area contributed by atoms with Crippen molar-refractivity contribution in [3.63, 3.8) is 0 Å². The molecule has 35 N–H and O–H groups in total. The summed E-state index contributed by atoms with van der Waals surface area (Å²) in [5.74, 6) is 10.4. The lowest BCUT2D eigenvalue weighted by Gasteiger charge is -2.16. The molecule has 0 aliphatic rings. The van der Waals surface area contributed by atoms with Crippen molar-refractivity contribution in [3.05, 3.63) is 188 Å². The highest BCUT2D eigenvalue weighted by molar-refractivity contribution is 5.49. The van der Waals surface area contributed by atoms with E-state index in [1.54, 1.807) is 33.1 Å². The summed E-state index contributed by atoms with van der Waals surface area (Å²) in [6, 6.07) is 32.0. The van der Waals surface area contributed by atoms with Gasteiger partial charge in [-0.05, 0) is 152 Å². The molecular formula is C84H127N55O. The molecule has 56 heteroatoms. The van der Waals surface area contributed by atoms with Gasteiger partial charge in [0.1, 0.15) is 11.5 Å². The van der Waals surface area contributed by atoms with Gasteiger partial charge in [0.15, 0.2) is 0 Å². The Labute approximate surface area is 807 Å². The first-order valence-electron chi connectivity index (χ1n) is 43.3. The van der Waals surface area contributed by atoms with E-state index in [1.165, 1.54) is 0 Å². The van der Waals surface area contributed by atoms with Gasteiger partial charge in [-0.25, -0.2) is 0 Å². The highest BCUT2D eigenvalue weighted by atomic mass is 16.3. The molecule has 56 nitrogen and oxygen atoms in total. The predicted octanol–water partition coefficient (Wildman–Crippen LogP) is 5.88. The van der Waals surface area contributed by atoms with E-state index in [-0.39, 0.29) is 53.5 Å². The summed E-state index contributed by atoms with van der Waals surface area (Å²) in [6.07, 6.45) is 0. The third-order valence-electron chi connectivity index (χ3n) is 18.4. The van der Waals surface area contributed by atoms with Crippen LogP contribution >= 0.6 is 0 Å². The largest absolute Gasteiger partial charge is 0.465 e. The molecule has 0 saturated carbocycles. The second kappa shape index (κ2) is 51.7. The topological polar surface area (TPSA) is 804 Å². The number of furan rings is 1. The van der Waals surface area contributed by atoms with E-state index in [2.05, 4.69) is 208 Å². The Morgan fingerprint density at radius 3 is 0.714 bits per heavy atom. The van der Waals surface area contributed by atoms with Crippen molar-refractivity contribution in [3.8, 4) is 0 Å². The van der Waals surface area contributed by atoms with Gasteiger partial charge in [-0.1, -0.05) is 0 Å². The second-order valence-corrected chi connectivity index (χ2v) is 31.3. The molecule has 0 aromatic carbocycles. The number of rotatable bonds is 31. The SMILES string of the molecule is CNc1nc(N)nc(N(C)Cc2ccc(C)[nH]2)n1.CNc1nc(N)nc(NCc2ccc(C)[nH]2)n1.CNc1nc(NC)nc(NCc2ccc(C)[nH]2)n1.Cc1ccc(CN(C)c2nc(N)nc(N)n2)[nH]1.Cc1ccc(CNc2nc(N(C)C)nc(N(C)C)n2)[nH]1.Cc1ccc(CNc2nc(N)nc(N(C)C)n2)[nH]1.Cc1ccc(CNc2nc(N)nc(N)n2)[nH]1.Cc1ccc(CNc2nc(N)nc(N)n2)o1. The molecule has 0 unspecified atom stereocenters. The Hall–Kier alpha value is -18.5. The predicted molar refractivity (Wildman–Crippen MR) is 550 cm³/mol. The second-order valence-electron chi connectivity index (χ2n) is 31.3. The van der Waals surface area contributed by atoms with E-state index in [4.69, 9.17) is 56.0 Å². The number of hydrogen-bond acceptors (Lipinski definition) is 49. The van der Waals surface area contributed by atoms with E-state index in [0.29, 0.717) is 142 Å². The van der Waals surface area contributed by atoms with Crippen LogP contribution in [0.4, 0.5) is 143 Å². The molecule has 0 aliphatic carbocycles. The number of aryl methyl sites for hydroxylation is 8. The molecule has 744 valence electrons. The molecule has 140 heavy (non-hydrogen) atoms. The molecule has 0 aliphatic heterocycles. The molecule has 16 aromatic heterocycles. The van der Waals surface area contributed by atoms with Crippen molar-refractivity contribution in [2.45, 2.75) is 108 Å². The van der Waals surface area contributed by atoms with Crippen molar-refractivity contribution in [2.24, 2.45) is 0 Å². The fraction of sp³-hybridized carbons (Fsp3) is 0.333. The minimum Gasteiger partial charge on any atom is -0.465 e. The molecular weight excluding hydrogens is 1800 g/mol. The smallest absolute Gasteiger partial charge is 0.232 e. The average molecular weight is 1920 g/mol. The lowest BCUT2D eigenvalue weighted by atomic mass is 10.4. The van der Waals surface area contributed by atoms with Crippen molar-refractivity contribution in [2.75, 3.05) is 214 Å². The summed E-state index contributed by atoms with van der Waals surface area (Å²) in [6.45, 7) is 20.8. The van der Waals surface area contributed by atoms with Crippen molar-refractivity contribution in [1.82, 2.24) is 155 Å². The van der Waals surface area contributed by atoms with Crippen LogP contribution in [0.15, 0.2) is 101 Å². The molecule has 0 bridgehead atoms. The van der Waals surface area contributed by atoms with E-state index < -0.39 is 0 Å². The summed E-state index contributed by atoms with van der Waals surface area (Å²) in [4.78, 5) is 129. The van der Waals surface area contributed by atoms with Crippen molar-refractivity contribution >= 4 is 143 Å². The summed E-state index contributed by atoms with van der Waals surface area (Å²) in [5, 5.41) is 30.0. The first-order chi connectivity index (χ1) is 66.8. The molecule has 16 rings (SSSR count). The molecule has 0 amide bonds. The Bertz CT molecular complexity index is 6230. The van der Waals surface area contributed by atoms with E-state index in [0.717, 1.165) is 91.2 Å². The fourth-order valence-electron chi connectivity index (χ4n) is 11.9. The van der Waals surface area contributed by atoms with Gasteiger partial charge in [0.2, 0.25) is 143 Å². The molecule has 16 aromatic rings. The number of hydrogen-bond donors (Lipinski definition) is 26. The van der Waals surface area contributed by atoms with E-state index in [1.807, 2.05) is 228 Å². The maximum atomic E-state index is 5.63. The van der Waals surface area contributed by atoms with Crippen molar-refractivity contribution in [1.29, 1.82) is 0 Å². The van der Waals surface area contributed by atoms with Crippen LogP contribution in [0, 0.1) is 55.4 Å². The average Bonchev–Trinajstić information content (AvgIpc) is 1.12. The number of nitrogens with zero attached hydrogens (tertiary/aromatic N) is 29. The molecule has 16 heterocycles. The zero-order valence-corrected chi connectivity index (χ0v) is 82.0. The third-order valence-corrected chi connectivity index (χ3v) is 18.4. The number of nitrogens with one attached hydrogen (secondary N) is 17. The first-order valence-corrected chi connectivity index (χ1v) is 43.3. The van der Waals surface area contributed by atoms with Crippen LogP contribution in [0.25, 0.3) is 0 Å². The number of nitrogens with two attached hydrogens (primary N) is 9. The summed E-state index contributed by atoms with van der Waals surface area (Å²) < 4.78 is 5.37. The zero-order chi connectivity index (χ0) is 102. The van der Waals surface area contributed by atoms with Gasteiger partial charge in [-0.2, -0.15) is 120 Å². The van der Waals surface area contributed by atoms with Crippen LogP contribution in [-0.4, -0.2) is 239 Å². The number of aromatic nitrogens is 31. The Kier molecular flexibility index (Phi) is 38.8. The minimum atomic E-state index is 0.0885. The highest BCUT2D eigenvalue weighted by Crippen LogP contribution is 2.21. The Balaban J connectivity index is 0.000000179. The number of nitrogen functional groups attached to an aromatic ring is 9. The molecule has 0 fully saturated rings. The highest BCUT2D eigenvalue weighted by Gasteiger charge is 2.16. The van der Waals surface area contributed by atoms with Crippen LogP contribution in [-0.2, 0) is 52.4 Å².